The molecule has 1 spiro atoms. The summed E-state index contributed by atoms with van der Waals surface area (Å²) in [7, 11) is 0. The Balaban J connectivity index is 1.10. The summed E-state index contributed by atoms with van der Waals surface area (Å²) in [6.07, 6.45) is -17.8. The van der Waals surface area contributed by atoms with E-state index < -0.39 is 129 Å². The number of carbonyl (C=O) groups is 1. The molecule has 7 rings (SSSR count). The summed E-state index contributed by atoms with van der Waals surface area (Å²) in [6, 6.07) is 0. The molecular formula is C38H60O18. The normalized spacial score (nSPS) is 54.6. The van der Waals surface area contributed by atoms with E-state index >= 15 is 0 Å². The summed E-state index contributed by atoms with van der Waals surface area (Å²) in [4.78, 5) is 14.1. The highest BCUT2D eigenvalue weighted by Crippen LogP contribution is 2.73. The van der Waals surface area contributed by atoms with Crippen molar-refractivity contribution in [3.05, 3.63) is 12.2 Å². The molecule has 2 bridgehead atoms. The first-order chi connectivity index (χ1) is 26.4. The molecule has 4 saturated carbocycles. The van der Waals surface area contributed by atoms with Crippen molar-refractivity contribution < 1.29 is 89.4 Å². The van der Waals surface area contributed by atoms with Crippen molar-refractivity contribution in [1.29, 1.82) is 0 Å². The maximum atomic E-state index is 14.1. The van der Waals surface area contributed by atoms with Crippen molar-refractivity contribution in [2.75, 3.05) is 19.8 Å². The fourth-order valence-electron chi connectivity index (χ4n) is 12.0. The number of carbonyl (C=O) groups excluding carboxylic acids is 1. The summed E-state index contributed by atoms with van der Waals surface area (Å²) < 4.78 is 35.6. The molecule has 0 aromatic rings. The van der Waals surface area contributed by atoms with Crippen molar-refractivity contribution in [2.24, 2.45) is 28.1 Å². The SMILES string of the molecule is C=C1C[C@@]23CCC4[C@@](C)(CCC[C@@]4(C)C(=O)OC4OC(CO)C(O)C(O)C4O)C2CC[C@@]1(OC1OC(CO)C(O)C(O)C1OC1OC(CO)C(O)C(O)C1O)C3. The van der Waals surface area contributed by atoms with E-state index in [1.54, 1.807) is 0 Å². The van der Waals surface area contributed by atoms with Gasteiger partial charge in [0.15, 0.2) is 12.6 Å². The van der Waals surface area contributed by atoms with Crippen LogP contribution in [0.4, 0.5) is 0 Å². The van der Waals surface area contributed by atoms with E-state index in [2.05, 4.69) is 13.5 Å². The zero-order valence-corrected chi connectivity index (χ0v) is 31.8. The Hall–Kier alpha value is -1.43. The Bertz CT molecular complexity index is 1450. The van der Waals surface area contributed by atoms with E-state index in [0.717, 1.165) is 18.4 Å². The summed E-state index contributed by atoms with van der Waals surface area (Å²) in [5.74, 6) is -0.591. The highest BCUT2D eigenvalue weighted by molar-refractivity contribution is 5.77. The molecule has 18 heteroatoms. The van der Waals surface area contributed by atoms with Crippen LogP contribution in [0.3, 0.4) is 0 Å². The minimum absolute atomic E-state index is 0.121. The van der Waals surface area contributed by atoms with E-state index in [1.165, 1.54) is 0 Å². The number of ether oxygens (including phenoxy) is 6. The van der Waals surface area contributed by atoms with Crippen molar-refractivity contribution in [1.82, 2.24) is 0 Å². The third kappa shape index (κ3) is 6.69. The average Bonchev–Trinajstić information content (AvgIpc) is 3.37. The van der Waals surface area contributed by atoms with E-state index in [-0.39, 0.29) is 22.7 Å². The Kier molecular flexibility index (Phi) is 11.9. The van der Waals surface area contributed by atoms with Gasteiger partial charge in [0.05, 0.1) is 30.8 Å². The molecule has 320 valence electrons. The van der Waals surface area contributed by atoms with Gasteiger partial charge >= 0.3 is 5.97 Å². The average molecular weight is 805 g/mol. The maximum Gasteiger partial charge on any atom is 0.314 e. The monoisotopic (exact) mass is 804 g/mol. The largest absolute Gasteiger partial charge is 0.432 e. The van der Waals surface area contributed by atoms with Crippen LogP contribution in [0, 0.1) is 28.1 Å². The van der Waals surface area contributed by atoms with Crippen LogP contribution in [0.5, 0.6) is 0 Å². The highest BCUT2D eigenvalue weighted by atomic mass is 16.8. The van der Waals surface area contributed by atoms with Crippen molar-refractivity contribution in [3.8, 4) is 0 Å². The van der Waals surface area contributed by atoms with E-state index in [1.807, 2.05) is 6.92 Å². The molecule has 3 aliphatic heterocycles. The number of esters is 1. The van der Waals surface area contributed by atoms with Gasteiger partial charge in [-0.15, -0.1) is 0 Å². The molecule has 56 heavy (non-hydrogen) atoms. The van der Waals surface area contributed by atoms with Gasteiger partial charge in [-0.3, -0.25) is 4.79 Å². The van der Waals surface area contributed by atoms with Crippen LogP contribution < -0.4 is 0 Å². The second kappa shape index (κ2) is 15.6. The zero-order valence-electron chi connectivity index (χ0n) is 31.8. The topological polar surface area (TPSA) is 295 Å². The Morgan fingerprint density at radius 1 is 0.679 bits per heavy atom. The molecule has 11 N–H and O–H groups in total. The third-order valence-electron chi connectivity index (χ3n) is 15.0. The van der Waals surface area contributed by atoms with Gasteiger partial charge in [0.2, 0.25) is 6.29 Å². The van der Waals surface area contributed by atoms with E-state index in [0.29, 0.717) is 44.9 Å². The van der Waals surface area contributed by atoms with Crippen LogP contribution in [-0.4, -0.2) is 180 Å². The summed E-state index contributed by atoms with van der Waals surface area (Å²) in [5, 5.41) is 114. The zero-order chi connectivity index (χ0) is 40.7. The van der Waals surface area contributed by atoms with Gasteiger partial charge in [-0.05, 0) is 86.5 Å². The molecule has 7 aliphatic rings. The van der Waals surface area contributed by atoms with Crippen LogP contribution >= 0.6 is 0 Å². The Morgan fingerprint density at radius 3 is 1.82 bits per heavy atom. The number of hydrogen-bond donors (Lipinski definition) is 11. The lowest BCUT2D eigenvalue weighted by molar-refractivity contribution is -0.378. The smallest absolute Gasteiger partial charge is 0.314 e. The van der Waals surface area contributed by atoms with Gasteiger partial charge in [0.1, 0.15) is 73.2 Å². The molecule has 3 heterocycles. The van der Waals surface area contributed by atoms with Crippen LogP contribution in [0.2, 0.25) is 0 Å². The second-order valence-corrected chi connectivity index (χ2v) is 18.0. The first-order valence-corrected chi connectivity index (χ1v) is 19.9. The van der Waals surface area contributed by atoms with Gasteiger partial charge in [-0.2, -0.15) is 0 Å². The molecule has 18 nitrogen and oxygen atoms in total. The van der Waals surface area contributed by atoms with Gasteiger partial charge in [-0.25, -0.2) is 0 Å². The summed E-state index contributed by atoms with van der Waals surface area (Å²) in [6.45, 7) is 6.52. The van der Waals surface area contributed by atoms with E-state index in [9.17, 15) is 61.0 Å². The molecule has 0 amide bonds. The Labute approximate surface area is 324 Å². The molecule has 0 aromatic carbocycles. The highest BCUT2D eigenvalue weighted by Gasteiger charge is 2.69. The Morgan fingerprint density at radius 2 is 1.21 bits per heavy atom. The summed E-state index contributed by atoms with van der Waals surface area (Å²) >= 11 is 0. The lowest BCUT2D eigenvalue weighted by atomic mass is 9.41. The number of aliphatic hydroxyl groups is 11. The lowest BCUT2D eigenvalue weighted by Crippen LogP contribution is -2.65. The van der Waals surface area contributed by atoms with Gasteiger partial charge in [-0.1, -0.05) is 19.9 Å². The minimum atomic E-state index is -1.81. The van der Waals surface area contributed by atoms with Crippen molar-refractivity contribution in [3.63, 3.8) is 0 Å². The first-order valence-electron chi connectivity index (χ1n) is 19.9. The van der Waals surface area contributed by atoms with Crippen molar-refractivity contribution in [2.45, 2.75) is 169 Å². The standard InChI is InChI=1S/C38H60O18/c1-16-11-37-9-5-20-35(2,7-4-8-36(20,3)34(50)55-32-29(49)26(46)23(43)18(13-40)52-32)21(37)6-10-38(16,15-37)56-33-30(27(47)24(44)19(14-41)53-33)54-31-28(48)25(45)22(42)17(12-39)51-31/h17-33,39-49H,1,4-15H2,2-3H3/t17?,18?,19?,20?,21?,22?,23?,24?,25?,26?,27?,28?,29?,30?,31?,32?,33?,35-,36-,37-,38-/m1/s1. The molecule has 3 saturated heterocycles. The molecule has 7 fully saturated rings. The molecule has 0 aromatic heterocycles. The number of rotatable bonds is 9. The fraction of sp³-hybridized carbons (Fsp3) is 0.921. The maximum absolute atomic E-state index is 14.1. The molecule has 4 aliphatic carbocycles. The number of hydrogen-bond acceptors (Lipinski definition) is 18. The minimum Gasteiger partial charge on any atom is -0.432 e. The molecule has 17 unspecified atom stereocenters. The summed E-state index contributed by atoms with van der Waals surface area (Å²) in [5.41, 5.74) is -1.80. The quantitative estimate of drug-likeness (QED) is 0.0631. The van der Waals surface area contributed by atoms with Gasteiger partial charge in [0.25, 0.3) is 0 Å². The fourth-order valence-corrected chi connectivity index (χ4v) is 12.0. The third-order valence-corrected chi connectivity index (χ3v) is 15.0. The van der Waals surface area contributed by atoms with Crippen LogP contribution in [0.25, 0.3) is 0 Å². The van der Waals surface area contributed by atoms with Crippen molar-refractivity contribution >= 4 is 5.97 Å². The number of aliphatic hydroxyl groups excluding tert-OH is 11. The predicted octanol–water partition coefficient (Wildman–Crippen LogP) is -2.94. The number of fused-ring (bicyclic) bond motifs is 3. The molecule has 0 radical (unpaired) electrons. The molecule has 21 atom stereocenters. The first kappa shape index (κ1) is 42.7. The van der Waals surface area contributed by atoms with E-state index in [4.69, 9.17) is 28.4 Å². The second-order valence-electron chi connectivity index (χ2n) is 18.0. The van der Waals surface area contributed by atoms with Gasteiger partial charge in [0, 0.05) is 0 Å². The van der Waals surface area contributed by atoms with Crippen LogP contribution in [0.1, 0.15) is 71.6 Å². The lowest BCUT2D eigenvalue weighted by Gasteiger charge is -2.64. The molecular weight excluding hydrogens is 744 g/mol. The predicted molar refractivity (Wildman–Crippen MR) is 186 cm³/mol. The van der Waals surface area contributed by atoms with Crippen LogP contribution in [-0.2, 0) is 33.2 Å². The van der Waals surface area contributed by atoms with Gasteiger partial charge < -0.3 is 84.6 Å². The van der Waals surface area contributed by atoms with Crippen LogP contribution in [0.15, 0.2) is 12.2 Å².